The van der Waals surface area contributed by atoms with Crippen molar-refractivity contribution in [3.63, 3.8) is 0 Å². The van der Waals surface area contributed by atoms with E-state index in [0.29, 0.717) is 18.9 Å². The number of fused-ring (bicyclic) bond motifs is 1. The molecule has 0 aliphatic heterocycles. The summed E-state index contributed by atoms with van der Waals surface area (Å²) in [7, 11) is 0. The van der Waals surface area contributed by atoms with Crippen molar-refractivity contribution < 1.29 is 4.79 Å². The Morgan fingerprint density at radius 2 is 2.05 bits per heavy atom. The summed E-state index contributed by atoms with van der Waals surface area (Å²) in [5.41, 5.74) is 2.05. The van der Waals surface area contributed by atoms with E-state index in [0.717, 1.165) is 11.0 Å². The molecule has 4 heteroatoms. The first-order valence-electron chi connectivity index (χ1n) is 6.77. The van der Waals surface area contributed by atoms with Gasteiger partial charge in [-0.3, -0.25) is 4.79 Å². The number of aromatic nitrogens is 2. The minimum Gasteiger partial charge on any atom is -0.353 e. The number of hydrogen-bond acceptors (Lipinski definition) is 2. The molecule has 0 fully saturated rings. The maximum Gasteiger partial charge on any atom is 0.222 e. The first kappa shape index (κ1) is 13.6. The highest BCUT2D eigenvalue weighted by atomic mass is 16.1. The molecule has 1 atom stereocenters. The van der Waals surface area contributed by atoms with Crippen molar-refractivity contribution in [2.75, 3.05) is 0 Å². The van der Waals surface area contributed by atoms with Crippen LogP contribution in [0.1, 0.15) is 27.2 Å². The van der Waals surface area contributed by atoms with Gasteiger partial charge >= 0.3 is 0 Å². The number of aryl methyl sites for hydroxylation is 1. The summed E-state index contributed by atoms with van der Waals surface area (Å²) in [5, 5.41) is 3.02. The quantitative estimate of drug-likeness (QED) is 0.897. The van der Waals surface area contributed by atoms with Gasteiger partial charge in [-0.1, -0.05) is 26.0 Å². The highest BCUT2D eigenvalue weighted by Crippen LogP contribution is 2.12. The van der Waals surface area contributed by atoms with Crippen LogP contribution in [0.15, 0.2) is 30.6 Å². The molecule has 0 aliphatic rings. The first-order valence-corrected chi connectivity index (χ1v) is 6.77. The first-order chi connectivity index (χ1) is 9.08. The zero-order valence-corrected chi connectivity index (χ0v) is 11.8. The maximum atomic E-state index is 11.8. The molecule has 19 heavy (non-hydrogen) atoms. The Labute approximate surface area is 113 Å². The number of hydrogen-bond donors (Lipinski definition) is 1. The van der Waals surface area contributed by atoms with Gasteiger partial charge in [0.05, 0.1) is 17.4 Å². The Hall–Kier alpha value is -1.84. The van der Waals surface area contributed by atoms with Gasteiger partial charge in [-0.2, -0.15) is 0 Å². The highest BCUT2D eigenvalue weighted by molar-refractivity contribution is 5.77. The van der Waals surface area contributed by atoms with Crippen molar-refractivity contribution in [3.8, 4) is 0 Å². The molecule has 1 heterocycles. The summed E-state index contributed by atoms with van der Waals surface area (Å²) in [4.78, 5) is 16.2. The van der Waals surface area contributed by atoms with E-state index in [1.54, 1.807) is 6.33 Å². The Morgan fingerprint density at radius 1 is 1.32 bits per heavy atom. The third-order valence-corrected chi connectivity index (χ3v) is 3.50. The van der Waals surface area contributed by atoms with Gasteiger partial charge in [-0.15, -0.1) is 0 Å². The molecule has 2 aromatic rings. The van der Waals surface area contributed by atoms with Crippen molar-refractivity contribution in [1.29, 1.82) is 0 Å². The number of carbonyl (C=O) groups is 1. The van der Waals surface area contributed by atoms with Crippen molar-refractivity contribution in [2.45, 2.75) is 39.8 Å². The minimum atomic E-state index is 0.0963. The van der Waals surface area contributed by atoms with Crippen molar-refractivity contribution in [3.05, 3.63) is 30.6 Å². The average molecular weight is 259 g/mol. The lowest BCUT2D eigenvalue weighted by Crippen LogP contribution is -2.36. The molecule has 4 nitrogen and oxygen atoms in total. The summed E-state index contributed by atoms with van der Waals surface area (Å²) in [6.07, 6.45) is 2.28. The van der Waals surface area contributed by atoms with Crippen LogP contribution in [0.5, 0.6) is 0 Å². The largest absolute Gasteiger partial charge is 0.353 e. The zero-order valence-electron chi connectivity index (χ0n) is 11.8. The molecule has 0 saturated carbocycles. The van der Waals surface area contributed by atoms with Gasteiger partial charge in [0.2, 0.25) is 5.91 Å². The summed E-state index contributed by atoms with van der Waals surface area (Å²) in [5.74, 6) is 0.553. The summed E-state index contributed by atoms with van der Waals surface area (Å²) < 4.78 is 2.02. The van der Waals surface area contributed by atoms with Gasteiger partial charge in [0, 0.05) is 19.0 Å². The van der Waals surface area contributed by atoms with E-state index in [1.165, 1.54) is 0 Å². The summed E-state index contributed by atoms with van der Waals surface area (Å²) in [6.45, 7) is 6.91. The standard InChI is InChI=1S/C15H21N3O/c1-11(2)12(3)17-15(19)8-9-18-10-16-13-6-4-5-7-14(13)18/h4-7,10-12H,8-9H2,1-3H3,(H,17,19). The Balaban J connectivity index is 1.94. The predicted octanol–water partition coefficient (Wildman–Crippen LogP) is 2.59. The molecule has 0 bridgehead atoms. The van der Waals surface area contributed by atoms with Gasteiger partial charge in [0.1, 0.15) is 0 Å². The van der Waals surface area contributed by atoms with Gasteiger partial charge in [0.15, 0.2) is 0 Å². The van der Waals surface area contributed by atoms with Gasteiger partial charge in [0.25, 0.3) is 0 Å². The number of imidazole rings is 1. The van der Waals surface area contributed by atoms with Gasteiger partial charge in [-0.05, 0) is 25.0 Å². The molecule has 0 spiro atoms. The van der Waals surface area contributed by atoms with Crippen LogP contribution in [0.25, 0.3) is 11.0 Å². The molecule has 1 aromatic carbocycles. The number of nitrogens with zero attached hydrogens (tertiary/aromatic N) is 2. The van der Waals surface area contributed by atoms with Crippen LogP contribution >= 0.6 is 0 Å². The second-order valence-corrected chi connectivity index (χ2v) is 5.28. The van der Waals surface area contributed by atoms with Crippen LogP contribution in [-0.4, -0.2) is 21.5 Å². The van der Waals surface area contributed by atoms with E-state index < -0.39 is 0 Å². The van der Waals surface area contributed by atoms with Crippen LogP contribution in [0.4, 0.5) is 0 Å². The van der Waals surface area contributed by atoms with Crippen LogP contribution in [0.2, 0.25) is 0 Å². The van der Waals surface area contributed by atoms with Crippen LogP contribution < -0.4 is 5.32 Å². The molecular formula is C15H21N3O. The Morgan fingerprint density at radius 3 is 2.79 bits per heavy atom. The molecule has 2 rings (SSSR count). The average Bonchev–Trinajstić information content (AvgIpc) is 2.79. The number of carbonyl (C=O) groups excluding carboxylic acids is 1. The van der Waals surface area contributed by atoms with Crippen molar-refractivity contribution >= 4 is 16.9 Å². The normalized spacial score (nSPS) is 12.8. The predicted molar refractivity (Wildman–Crippen MR) is 76.8 cm³/mol. The molecular weight excluding hydrogens is 238 g/mol. The van der Waals surface area contributed by atoms with E-state index in [4.69, 9.17) is 0 Å². The summed E-state index contributed by atoms with van der Waals surface area (Å²) in [6, 6.07) is 8.18. The van der Waals surface area contributed by atoms with Crippen LogP contribution in [-0.2, 0) is 11.3 Å². The summed E-state index contributed by atoms with van der Waals surface area (Å²) >= 11 is 0. The van der Waals surface area contributed by atoms with E-state index >= 15 is 0 Å². The molecule has 1 N–H and O–H groups in total. The zero-order chi connectivity index (χ0) is 13.8. The van der Waals surface area contributed by atoms with Crippen molar-refractivity contribution in [2.24, 2.45) is 5.92 Å². The smallest absolute Gasteiger partial charge is 0.222 e. The molecule has 0 saturated heterocycles. The highest BCUT2D eigenvalue weighted by Gasteiger charge is 2.11. The lowest BCUT2D eigenvalue weighted by atomic mass is 10.1. The monoisotopic (exact) mass is 259 g/mol. The number of benzene rings is 1. The van der Waals surface area contributed by atoms with E-state index in [9.17, 15) is 4.79 Å². The molecule has 1 aromatic heterocycles. The topological polar surface area (TPSA) is 46.9 Å². The molecule has 1 unspecified atom stereocenters. The van der Waals surface area contributed by atoms with Crippen molar-refractivity contribution in [1.82, 2.24) is 14.9 Å². The molecule has 1 amide bonds. The Bertz CT molecular complexity index is 559. The maximum absolute atomic E-state index is 11.8. The molecule has 0 aliphatic carbocycles. The number of para-hydroxylation sites is 2. The molecule has 0 radical (unpaired) electrons. The second kappa shape index (κ2) is 5.87. The van der Waals surface area contributed by atoms with Crippen LogP contribution in [0, 0.1) is 5.92 Å². The lowest BCUT2D eigenvalue weighted by Gasteiger charge is -2.17. The molecule has 102 valence electrons. The number of amides is 1. The van der Waals surface area contributed by atoms with Gasteiger partial charge < -0.3 is 9.88 Å². The second-order valence-electron chi connectivity index (χ2n) is 5.28. The fourth-order valence-corrected chi connectivity index (χ4v) is 1.90. The minimum absolute atomic E-state index is 0.0963. The van der Waals surface area contributed by atoms with Gasteiger partial charge in [-0.25, -0.2) is 4.98 Å². The van der Waals surface area contributed by atoms with E-state index in [1.807, 2.05) is 35.8 Å². The lowest BCUT2D eigenvalue weighted by molar-refractivity contribution is -0.122. The fraction of sp³-hybridized carbons (Fsp3) is 0.467. The van der Waals surface area contributed by atoms with E-state index in [-0.39, 0.29) is 11.9 Å². The SMILES string of the molecule is CC(C)C(C)NC(=O)CCn1cnc2ccccc21. The Kier molecular flexibility index (Phi) is 4.20. The third-order valence-electron chi connectivity index (χ3n) is 3.50. The number of rotatable bonds is 5. The van der Waals surface area contributed by atoms with E-state index in [2.05, 4.69) is 24.1 Å². The van der Waals surface area contributed by atoms with Crippen LogP contribution in [0.3, 0.4) is 0 Å². The number of nitrogens with one attached hydrogen (secondary N) is 1. The fourth-order valence-electron chi connectivity index (χ4n) is 1.90. The third kappa shape index (κ3) is 3.34.